The third kappa shape index (κ3) is 2.76. The minimum absolute atomic E-state index is 0.146. The van der Waals surface area contributed by atoms with Crippen LogP contribution >= 0.6 is 15.9 Å². The average Bonchev–Trinajstić information content (AvgIpc) is 2.39. The van der Waals surface area contributed by atoms with Gasteiger partial charge in [0.1, 0.15) is 6.10 Å². The summed E-state index contributed by atoms with van der Waals surface area (Å²) in [4.78, 5) is 14.2. The van der Waals surface area contributed by atoms with E-state index in [4.69, 9.17) is 9.47 Å². The van der Waals surface area contributed by atoms with E-state index in [2.05, 4.69) is 15.9 Å². The average molecular weight is 292 g/mol. The van der Waals surface area contributed by atoms with Gasteiger partial charge in [-0.2, -0.15) is 0 Å². The number of nitrogens with zero attached hydrogens (tertiary/aromatic N) is 1. The number of morpholine rings is 1. The second kappa shape index (κ2) is 5.98. The minimum atomic E-state index is -0.214. The maximum atomic E-state index is 12.2. The van der Waals surface area contributed by atoms with Gasteiger partial charge in [0.15, 0.2) is 0 Å². The van der Waals surface area contributed by atoms with Crippen LogP contribution in [0.3, 0.4) is 0 Å². The molecule has 0 saturated carbocycles. The lowest BCUT2D eigenvalue weighted by atomic mass is 10.1. The molecule has 2 aliphatic heterocycles. The standard InChI is InChI=1S/C11H18BrNO3/c12-7-9-8-15-6-4-13(9)11(14)10-3-1-2-5-16-10/h9-10H,1-8H2. The maximum absolute atomic E-state index is 12.2. The van der Waals surface area contributed by atoms with Crippen LogP contribution in [0, 0.1) is 0 Å². The first-order valence-corrected chi connectivity index (χ1v) is 7.01. The van der Waals surface area contributed by atoms with Gasteiger partial charge in [0.2, 0.25) is 0 Å². The van der Waals surface area contributed by atoms with E-state index < -0.39 is 0 Å². The summed E-state index contributed by atoms with van der Waals surface area (Å²) in [6.45, 7) is 2.68. The number of amides is 1. The Morgan fingerprint density at radius 3 is 2.94 bits per heavy atom. The van der Waals surface area contributed by atoms with Crippen LogP contribution in [0.5, 0.6) is 0 Å². The second-order valence-corrected chi connectivity index (χ2v) is 4.92. The molecule has 2 atom stereocenters. The summed E-state index contributed by atoms with van der Waals surface area (Å²) in [6.07, 6.45) is 2.83. The van der Waals surface area contributed by atoms with E-state index in [1.54, 1.807) is 0 Å². The highest BCUT2D eigenvalue weighted by Gasteiger charge is 2.32. The minimum Gasteiger partial charge on any atom is -0.377 e. The molecule has 16 heavy (non-hydrogen) atoms. The van der Waals surface area contributed by atoms with Gasteiger partial charge in [0.25, 0.3) is 5.91 Å². The quantitative estimate of drug-likeness (QED) is 0.717. The van der Waals surface area contributed by atoms with Crippen LogP contribution in [-0.4, -0.2) is 54.6 Å². The first-order valence-electron chi connectivity index (χ1n) is 5.88. The fraction of sp³-hybridized carbons (Fsp3) is 0.909. The topological polar surface area (TPSA) is 38.8 Å². The van der Waals surface area contributed by atoms with Gasteiger partial charge in [0, 0.05) is 18.5 Å². The van der Waals surface area contributed by atoms with Gasteiger partial charge in [-0.3, -0.25) is 4.79 Å². The van der Waals surface area contributed by atoms with E-state index in [-0.39, 0.29) is 18.1 Å². The number of carbonyl (C=O) groups is 1. The molecule has 0 spiro atoms. The third-order valence-electron chi connectivity index (χ3n) is 3.14. The van der Waals surface area contributed by atoms with Crippen LogP contribution in [0.4, 0.5) is 0 Å². The van der Waals surface area contributed by atoms with Crippen LogP contribution in [0.25, 0.3) is 0 Å². The molecule has 0 bridgehead atoms. The lowest BCUT2D eigenvalue weighted by Crippen LogP contribution is -2.53. The molecule has 2 aliphatic rings. The molecular formula is C11H18BrNO3. The van der Waals surface area contributed by atoms with Crippen molar-refractivity contribution in [3.8, 4) is 0 Å². The van der Waals surface area contributed by atoms with Crippen LogP contribution in [-0.2, 0) is 14.3 Å². The van der Waals surface area contributed by atoms with Gasteiger partial charge in [-0.1, -0.05) is 15.9 Å². The largest absolute Gasteiger partial charge is 0.377 e. The predicted molar refractivity (Wildman–Crippen MR) is 63.7 cm³/mol. The Kier molecular flexibility index (Phi) is 4.61. The molecule has 2 fully saturated rings. The van der Waals surface area contributed by atoms with E-state index in [1.165, 1.54) is 0 Å². The number of carbonyl (C=O) groups excluding carboxylic acids is 1. The van der Waals surface area contributed by atoms with Gasteiger partial charge >= 0.3 is 0 Å². The van der Waals surface area contributed by atoms with Crippen molar-refractivity contribution in [2.24, 2.45) is 0 Å². The lowest BCUT2D eigenvalue weighted by Gasteiger charge is -2.37. The van der Waals surface area contributed by atoms with Crippen molar-refractivity contribution in [2.75, 3.05) is 31.7 Å². The second-order valence-electron chi connectivity index (χ2n) is 4.27. The molecule has 0 radical (unpaired) electrons. The monoisotopic (exact) mass is 291 g/mol. The van der Waals surface area contributed by atoms with Crippen LogP contribution in [0.2, 0.25) is 0 Å². The molecule has 0 aromatic carbocycles. The predicted octanol–water partition coefficient (Wildman–Crippen LogP) is 1.18. The number of hydrogen-bond donors (Lipinski definition) is 0. The zero-order valence-corrected chi connectivity index (χ0v) is 10.9. The highest BCUT2D eigenvalue weighted by molar-refractivity contribution is 9.09. The molecule has 2 rings (SSSR count). The molecule has 2 heterocycles. The van der Waals surface area contributed by atoms with Crippen molar-refractivity contribution in [3.63, 3.8) is 0 Å². The molecule has 0 aliphatic carbocycles. The summed E-state index contributed by atoms with van der Waals surface area (Å²) in [5, 5.41) is 0.769. The number of halogens is 1. The molecule has 1 amide bonds. The number of ether oxygens (including phenoxy) is 2. The molecule has 4 nitrogen and oxygen atoms in total. The summed E-state index contributed by atoms with van der Waals surface area (Å²) < 4.78 is 10.9. The summed E-state index contributed by atoms with van der Waals surface area (Å²) in [5.41, 5.74) is 0. The van der Waals surface area contributed by atoms with Gasteiger partial charge in [-0.15, -0.1) is 0 Å². The van der Waals surface area contributed by atoms with Crippen molar-refractivity contribution >= 4 is 21.8 Å². The Morgan fingerprint density at radius 2 is 2.25 bits per heavy atom. The first kappa shape index (κ1) is 12.3. The Hall–Kier alpha value is -0.130. The van der Waals surface area contributed by atoms with E-state index in [9.17, 15) is 4.79 Å². The highest BCUT2D eigenvalue weighted by atomic mass is 79.9. The maximum Gasteiger partial charge on any atom is 0.252 e. The van der Waals surface area contributed by atoms with E-state index in [0.717, 1.165) is 31.2 Å². The van der Waals surface area contributed by atoms with Crippen molar-refractivity contribution in [1.29, 1.82) is 0 Å². The summed E-state index contributed by atoms with van der Waals surface area (Å²) in [6, 6.07) is 0.159. The van der Waals surface area contributed by atoms with Gasteiger partial charge in [0.05, 0.1) is 19.3 Å². The van der Waals surface area contributed by atoms with Crippen molar-refractivity contribution in [3.05, 3.63) is 0 Å². The zero-order chi connectivity index (χ0) is 11.4. The number of hydrogen-bond acceptors (Lipinski definition) is 3. The van der Waals surface area contributed by atoms with Crippen LogP contribution < -0.4 is 0 Å². The molecule has 5 heteroatoms. The summed E-state index contributed by atoms with van der Waals surface area (Å²) in [5.74, 6) is 0.146. The summed E-state index contributed by atoms with van der Waals surface area (Å²) >= 11 is 3.43. The number of alkyl halides is 1. The molecule has 92 valence electrons. The van der Waals surface area contributed by atoms with Gasteiger partial charge < -0.3 is 14.4 Å². The Balaban J connectivity index is 1.95. The fourth-order valence-electron chi connectivity index (χ4n) is 2.19. The normalized spacial score (nSPS) is 31.4. The smallest absolute Gasteiger partial charge is 0.252 e. The SMILES string of the molecule is O=C(C1CCCCO1)N1CCOCC1CBr. The van der Waals surface area contributed by atoms with E-state index in [1.807, 2.05) is 4.90 Å². The van der Waals surface area contributed by atoms with Crippen molar-refractivity contribution < 1.29 is 14.3 Å². The molecule has 0 N–H and O–H groups in total. The van der Waals surface area contributed by atoms with E-state index in [0.29, 0.717) is 19.8 Å². The van der Waals surface area contributed by atoms with Gasteiger partial charge in [-0.05, 0) is 19.3 Å². The fourth-order valence-corrected chi connectivity index (χ4v) is 2.73. The summed E-state index contributed by atoms with van der Waals surface area (Å²) in [7, 11) is 0. The first-order chi connectivity index (χ1) is 7.83. The molecule has 2 saturated heterocycles. The Morgan fingerprint density at radius 1 is 1.38 bits per heavy atom. The highest BCUT2D eigenvalue weighted by Crippen LogP contribution is 2.18. The van der Waals surface area contributed by atoms with Crippen molar-refractivity contribution in [1.82, 2.24) is 4.90 Å². The Labute approximate surface area is 104 Å². The molecule has 2 unspecified atom stereocenters. The molecular weight excluding hydrogens is 274 g/mol. The molecule has 0 aromatic heterocycles. The van der Waals surface area contributed by atoms with Crippen molar-refractivity contribution in [2.45, 2.75) is 31.4 Å². The van der Waals surface area contributed by atoms with E-state index >= 15 is 0 Å². The van der Waals surface area contributed by atoms with Crippen LogP contribution in [0.1, 0.15) is 19.3 Å². The van der Waals surface area contributed by atoms with Crippen LogP contribution in [0.15, 0.2) is 0 Å². The Bertz CT molecular complexity index is 243. The molecule has 0 aromatic rings. The zero-order valence-electron chi connectivity index (χ0n) is 9.36. The lowest BCUT2D eigenvalue weighted by molar-refractivity contribution is -0.154. The number of rotatable bonds is 2. The van der Waals surface area contributed by atoms with Gasteiger partial charge in [-0.25, -0.2) is 0 Å². The third-order valence-corrected chi connectivity index (χ3v) is 3.89.